The average molecular weight is 418 g/mol. The van der Waals surface area contributed by atoms with Crippen molar-refractivity contribution in [2.24, 2.45) is 0 Å². The molecule has 0 spiro atoms. The van der Waals surface area contributed by atoms with Crippen LogP contribution in [0.4, 0.5) is 0 Å². The van der Waals surface area contributed by atoms with E-state index in [1.54, 1.807) is 30.1 Å². The van der Waals surface area contributed by atoms with Crippen molar-refractivity contribution >= 4 is 40.0 Å². The van der Waals surface area contributed by atoms with Crippen LogP contribution in [0.5, 0.6) is 5.75 Å². The molecule has 1 heterocycles. The number of halogens is 2. The summed E-state index contributed by atoms with van der Waals surface area (Å²) in [6, 6.07) is 12.9. The molecule has 0 bridgehead atoms. The first kappa shape index (κ1) is 20.4. The first-order valence-electron chi connectivity index (χ1n) is 8.98. The van der Waals surface area contributed by atoms with Gasteiger partial charge >= 0.3 is 0 Å². The summed E-state index contributed by atoms with van der Waals surface area (Å²) >= 11 is 11.9. The summed E-state index contributed by atoms with van der Waals surface area (Å²) in [6.45, 7) is 2.72. The van der Waals surface area contributed by atoms with Gasteiger partial charge in [0, 0.05) is 29.6 Å². The lowest BCUT2D eigenvalue weighted by Gasteiger charge is -2.17. The van der Waals surface area contributed by atoms with Crippen LogP contribution in [-0.4, -0.2) is 34.4 Å². The highest BCUT2D eigenvalue weighted by molar-refractivity contribution is 6.35. The third-order valence-electron chi connectivity index (χ3n) is 4.33. The molecular weight excluding hydrogens is 397 g/mol. The first-order valence-corrected chi connectivity index (χ1v) is 9.73. The van der Waals surface area contributed by atoms with E-state index in [-0.39, 0.29) is 5.91 Å². The molecule has 28 heavy (non-hydrogen) atoms. The summed E-state index contributed by atoms with van der Waals surface area (Å²) in [6.07, 6.45) is 0.952. The SMILES string of the molecule is Cc1nc(CN(C)C(=O)CCCOc2ccc(Cl)cc2Cl)nc2ccccc12. The summed E-state index contributed by atoms with van der Waals surface area (Å²) in [5, 5.41) is 2.04. The van der Waals surface area contributed by atoms with E-state index in [4.69, 9.17) is 27.9 Å². The molecule has 0 aliphatic carbocycles. The topological polar surface area (TPSA) is 55.3 Å². The molecule has 146 valence electrons. The number of aryl methyl sites for hydroxylation is 1. The number of amides is 1. The number of carbonyl (C=O) groups excluding carboxylic acids is 1. The largest absolute Gasteiger partial charge is 0.492 e. The van der Waals surface area contributed by atoms with Gasteiger partial charge in [-0.3, -0.25) is 4.79 Å². The Bertz CT molecular complexity index is 995. The molecular formula is C21H21Cl2N3O2. The summed E-state index contributed by atoms with van der Waals surface area (Å²) in [5.41, 5.74) is 1.80. The standard InChI is InChI=1S/C21H21Cl2N3O2/c1-14-16-6-3-4-7-18(16)25-20(24-14)13-26(2)21(27)8-5-11-28-19-10-9-15(22)12-17(19)23/h3-4,6-7,9-10,12H,5,8,11,13H2,1-2H3. The number of para-hydroxylation sites is 1. The van der Waals surface area contributed by atoms with Gasteiger partial charge in [0.05, 0.1) is 23.7 Å². The fourth-order valence-electron chi connectivity index (χ4n) is 2.85. The fraction of sp³-hybridized carbons (Fsp3) is 0.286. The number of ether oxygens (including phenoxy) is 1. The minimum atomic E-state index is 0.0141. The van der Waals surface area contributed by atoms with Crippen molar-refractivity contribution in [3.8, 4) is 5.75 Å². The average Bonchev–Trinajstić information content (AvgIpc) is 2.66. The zero-order valence-electron chi connectivity index (χ0n) is 15.8. The lowest BCUT2D eigenvalue weighted by Crippen LogP contribution is -2.27. The molecule has 0 aliphatic rings. The number of fused-ring (bicyclic) bond motifs is 1. The maximum absolute atomic E-state index is 12.4. The molecule has 5 nitrogen and oxygen atoms in total. The maximum Gasteiger partial charge on any atom is 0.222 e. The molecule has 0 N–H and O–H groups in total. The van der Waals surface area contributed by atoms with Gasteiger partial charge in [-0.1, -0.05) is 41.4 Å². The molecule has 0 atom stereocenters. The molecule has 1 amide bonds. The number of hydrogen-bond acceptors (Lipinski definition) is 4. The predicted octanol–water partition coefficient (Wildman–Crippen LogP) is 5.06. The molecule has 2 aromatic carbocycles. The monoisotopic (exact) mass is 417 g/mol. The van der Waals surface area contributed by atoms with Crippen molar-refractivity contribution in [1.29, 1.82) is 0 Å². The minimum absolute atomic E-state index is 0.0141. The van der Waals surface area contributed by atoms with Crippen LogP contribution in [0.15, 0.2) is 42.5 Å². The minimum Gasteiger partial charge on any atom is -0.492 e. The van der Waals surface area contributed by atoms with Crippen LogP contribution in [-0.2, 0) is 11.3 Å². The Hall–Kier alpha value is -2.37. The van der Waals surface area contributed by atoms with E-state index in [1.165, 1.54) is 0 Å². The Kier molecular flexibility index (Phi) is 6.70. The van der Waals surface area contributed by atoms with Crippen LogP contribution in [0.2, 0.25) is 10.0 Å². The summed E-state index contributed by atoms with van der Waals surface area (Å²) < 4.78 is 5.62. The van der Waals surface area contributed by atoms with E-state index in [2.05, 4.69) is 9.97 Å². The lowest BCUT2D eigenvalue weighted by molar-refractivity contribution is -0.130. The van der Waals surface area contributed by atoms with E-state index in [9.17, 15) is 4.79 Å². The molecule has 1 aromatic heterocycles. The molecule has 0 unspecified atom stereocenters. The van der Waals surface area contributed by atoms with Crippen molar-refractivity contribution < 1.29 is 9.53 Å². The molecule has 0 saturated carbocycles. The van der Waals surface area contributed by atoms with E-state index in [0.717, 1.165) is 16.6 Å². The molecule has 7 heteroatoms. The van der Waals surface area contributed by atoms with Crippen LogP contribution >= 0.6 is 23.2 Å². The molecule has 0 radical (unpaired) electrons. The number of benzene rings is 2. The molecule has 3 rings (SSSR count). The van der Waals surface area contributed by atoms with Crippen molar-refractivity contribution in [3.05, 3.63) is 64.0 Å². The summed E-state index contributed by atoms with van der Waals surface area (Å²) in [5.74, 6) is 1.21. The van der Waals surface area contributed by atoms with Gasteiger partial charge in [0.1, 0.15) is 11.6 Å². The van der Waals surface area contributed by atoms with Gasteiger partial charge in [0.15, 0.2) is 0 Å². The fourth-order valence-corrected chi connectivity index (χ4v) is 3.32. The van der Waals surface area contributed by atoms with Crippen LogP contribution < -0.4 is 4.74 Å². The number of rotatable bonds is 7. The normalized spacial score (nSPS) is 10.9. The van der Waals surface area contributed by atoms with Gasteiger partial charge in [0.25, 0.3) is 0 Å². The van der Waals surface area contributed by atoms with Crippen molar-refractivity contribution in [3.63, 3.8) is 0 Å². The van der Waals surface area contributed by atoms with Crippen molar-refractivity contribution in [2.45, 2.75) is 26.3 Å². The number of nitrogens with zero attached hydrogens (tertiary/aromatic N) is 3. The van der Waals surface area contributed by atoms with Crippen LogP contribution in [0.3, 0.4) is 0 Å². The number of hydrogen-bond donors (Lipinski definition) is 0. The zero-order chi connectivity index (χ0) is 20.1. The third kappa shape index (κ3) is 5.12. The van der Waals surface area contributed by atoms with Gasteiger partial charge in [-0.15, -0.1) is 0 Å². The zero-order valence-corrected chi connectivity index (χ0v) is 17.3. The highest BCUT2D eigenvalue weighted by Gasteiger charge is 2.12. The van der Waals surface area contributed by atoms with Gasteiger partial charge in [-0.05, 0) is 37.6 Å². The number of carbonyl (C=O) groups is 1. The van der Waals surface area contributed by atoms with Gasteiger partial charge < -0.3 is 9.64 Å². The maximum atomic E-state index is 12.4. The Labute approximate surface area is 174 Å². The van der Waals surface area contributed by atoms with Crippen LogP contribution in [0, 0.1) is 6.92 Å². The highest BCUT2D eigenvalue weighted by atomic mass is 35.5. The summed E-state index contributed by atoms with van der Waals surface area (Å²) in [4.78, 5) is 23.1. The lowest BCUT2D eigenvalue weighted by atomic mass is 10.2. The van der Waals surface area contributed by atoms with E-state index in [0.29, 0.717) is 47.6 Å². The smallest absolute Gasteiger partial charge is 0.222 e. The van der Waals surface area contributed by atoms with Gasteiger partial charge in [-0.2, -0.15) is 0 Å². The molecule has 3 aromatic rings. The molecule has 0 fully saturated rings. The van der Waals surface area contributed by atoms with Gasteiger partial charge in [0.2, 0.25) is 5.91 Å². The second kappa shape index (κ2) is 9.22. The quantitative estimate of drug-likeness (QED) is 0.503. The highest BCUT2D eigenvalue weighted by Crippen LogP contribution is 2.27. The number of aromatic nitrogens is 2. The summed E-state index contributed by atoms with van der Waals surface area (Å²) in [7, 11) is 1.76. The molecule has 0 aliphatic heterocycles. The second-order valence-corrected chi connectivity index (χ2v) is 7.36. The van der Waals surface area contributed by atoms with Gasteiger partial charge in [-0.25, -0.2) is 9.97 Å². The second-order valence-electron chi connectivity index (χ2n) is 6.52. The Balaban J connectivity index is 1.50. The Morgan fingerprint density at radius 1 is 1.14 bits per heavy atom. The Morgan fingerprint density at radius 2 is 1.93 bits per heavy atom. The predicted molar refractivity (Wildman–Crippen MR) is 112 cm³/mol. The van der Waals surface area contributed by atoms with E-state index >= 15 is 0 Å². The van der Waals surface area contributed by atoms with Crippen molar-refractivity contribution in [1.82, 2.24) is 14.9 Å². The van der Waals surface area contributed by atoms with Crippen LogP contribution in [0.25, 0.3) is 10.9 Å². The van der Waals surface area contributed by atoms with Crippen molar-refractivity contribution in [2.75, 3.05) is 13.7 Å². The third-order valence-corrected chi connectivity index (χ3v) is 4.86. The van der Waals surface area contributed by atoms with Crippen LogP contribution in [0.1, 0.15) is 24.4 Å². The first-order chi connectivity index (χ1) is 13.4. The van der Waals surface area contributed by atoms with E-state index < -0.39 is 0 Å². The van der Waals surface area contributed by atoms with E-state index in [1.807, 2.05) is 31.2 Å². The Morgan fingerprint density at radius 3 is 2.71 bits per heavy atom. The molecule has 0 saturated heterocycles.